The van der Waals surface area contributed by atoms with Crippen LogP contribution in [0.2, 0.25) is 0 Å². The molecule has 0 atom stereocenters. The molecule has 0 spiro atoms. The molecular weight excluding hydrogens is 495 g/mol. The van der Waals surface area contributed by atoms with Gasteiger partial charge in [-0.1, -0.05) is 0 Å². The summed E-state index contributed by atoms with van der Waals surface area (Å²) in [6, 6.07) is 28.1. The van der Waals surface area contributed by atoms with Crippen molar-refractivity contribution >= 4 is 37.4 Å². The van der Waals surface area contributed by atoms with E-state index in [0.29, 0.717) is 0 Å². The molecule has 3 aromatic carbocycles. The minimum atomic E-state index is -4.50. The van der Waals surface area contributed by atoms with E-state index in [2.05, 4.69) is 126 Å². The summed E-state index contributed by atoms with van der Waals surface area (Å²) >= 11 is -4.50. The third-order valence-electron chi connectivity index (χ3n) is 6.69. The van der Waals surface area contributed by atoms with Crippen LogP contribution in [0.3, 0.4) is 0 Å². The normalized spacial score (nSPS) is 13.8. The van der Waals surface area contributed by atoms with Crippen molar-refractivity contribution in [3.63, 3.8) is 0 Å². The molecule has 4 heteroatoms. The molecule has 180 valence electrons. The predicted octanol–water partition coefficient (Wildman–Crippen LogP) is 7.47. The summed E-state index contributed by atoms with van der Waals surface area (Å²) in [5.74, 6) is 0.912. The summed E-state index contributed by atoms with van der Waals surface area (Å²) in [6.07, 6.45) is 5.47. The third-order valence-corrected chi connectivity index (χ3v) is 15.3. The van der Waals surface area contributed by atoms with E-state index in [1.165, 1.54) is 28.3 Å². The maximum atomic E-state index is 7.42. The first-order valence-corrected chi connectivity index (χ1v) is 15.5. The average Bonchev–Trinajstić information content (AvgIpc) is 3.26. The minimum absolute atomic E-state index is 0. The Kier molecular flexibility index (Phi) is 8.66. The molecule has 0 radical (unpaired) electrons. The third kappa shape index (κ3) is 4.90. The monoisotopic (exact) mass is 530 g/mol. The van der Waals surface area contributed by atoms with Gasteiger partial charge in [0.2, 0.25) is 0 Å². The Morgan fingerprint density at radius 1 is 0.765 bits per heavy atom. The van der Waals surface area contributed by atoms with Gasteiger partial charge in [0.15, 0.2) is 0 Å². The Morgan fingerprint density at radius 3 is 1.68 bits per heavy atom. The number of halogens is 2. The molecule has 0 unspecified atom stereocenters. The van der Waals surface area contributed by atoms with Gasteiger partial charge in [0.1, 0.15) is 0 Å². The van der Waals surface area contributed by atoms with Crippen LogP contribution in [-0.4, -0.2) is 4.82 Å². The van der Waals surface area contributed by atoms with Crippen LogP contribution in [0.15, 0.2) is 100 Å². The average molecular weight is 531 g/mol. The molecule has 34 heavy (non-hydrogen) atoms. The van der Waals surface area contributed by atoms with Gasteiger partial charge in [0, 0.05) is 0 Å². The molecule has 1 aliphatic carbocycles. The first-order valence-electron chi connectivity index (χ1n) is 11.4. The topological polar surface area (TPSA) is 9.23 Å². The van der Waals surface area contributed by atoms with Crippen LogP contribution < -0.4 is 11.1 Å². The summed E-state index contributed by atoms with van der Waals surface area (Å²) in [7, 11) is 0. The molecule has 0 aliphatic heterocycles. The quantitative estimate of drug-likeness (QED) is 0.311. The predicted molar refractivity (Wildman–Crippen MR) is 151 cm³/mol. The van der Waals surface area contributed by atoms with Crippen molar-refractivity contribution in [2.24, 2.45) is 5.41 Å². The molecule has 0 N–H and O–H groups in total. The summed E-state index contributed by atoms with van der Waals surface area (Å²) in [5, 5.41) is 0. The summed E-state index contributed by atoms with van der Waals surface area (Å²) in [5.41, 5.74) is 3.77. The summed E-state index contributed by atoms with van der Waals surface area (Å²) < 4.78 is 11.2. The van der Waals surface area contributed by atoms with Gasteiger partial charge in [-0.15, -0.1) is 24.8 Å². The van der Waals surface area contributed by atoms with E-state index in [-0.39, 0.29) is 30.2 Å². The van der Waals surface area contributed by atoms with E-state index in [9.17, 15) is 0 Å². The first kappa shape index (κ1) is 28.3. The molecule has 0 saturated heterocycles. The van der Waals surface area contributed by atoms with Gasteiger partial charge in [0.05, 0.1) is 0 Å². The molecule has 0 heterocycles. The molecule has 1 aliphatic rings. The number of allylic oxidation sites excluding steroid dienone is 4. The van der Waals surface area contributed by atoms with Crippen molar-refractivity contribution in [3.8, 4) is 5.75 Å². The van der Waals surface area contributed by atoms with E-state index in [1.54, 1.807) is 0 Å². The molecule has 0 bridgehead atoms. The second-order valence-corrected chi connectivity index (χ2v) is 17.6. The number of benzene rings is 3. The van der Waals surface area contributed by atoms with E-state index < -0.39 is 15.2 Å². The van der Waals surface area contributed by atoms with Gasteiger partial charge in [-0.3, -0.25) is 0 Å². The van der Waals surface area contributed by atoms with Gasteiger partial charge in [0.25, 0.3) is 0 Å². The Morgan fingerprint density at radius 2 is 1.24 bits per heavy atom. The van der Waals surface area contributed by atoms with Gasteiger partial charge in [-0.2, -0.15) is 0 Å². The van der Waals surface area contributed by atoms with Crippen LogP contribution in [0.5, 0.6) is 5.75 Å². The second kappa shape index (κ2) is 10.4. The fourth-order valence-corrected chi connectivity index (χ4v) is 13.7. The van der Waals surface area contributed by atoms with Crippen LogP contribution in [0.25, 0.3) is 0 Å². The number of aryl methyl sites for hydroxylation is 2. The van der Waals surface area contributed by atoms with Crippen LogP contribution in [0, 0.1) is 19.3 Å². The van der Waals surface area contributed by atoms with E-state index in [1.807, 2.05) is 0 Å². The SMILES string of the molecule is Cl.Cl.[CH2]=[Ti]([O]c1cc(C)cc(C)c1)([C]1=C(C(C)(C)C)C=CC1)([c]1ccccc1)[c]1ccccc1. The van der Waals surface area contributed by atoms with Gasteiger partial charge in [-0.25, -0.2) is 0 Å². The molecule has 0 amide bonds. The molecule has 0 saturated carbocycles. The number of hydrogen-bond donors (Lipinski definition) is 0. The zero-order chi connectivity index (χ0) is 23.0. The molecular formula is C30H36Cl2OTi. The first-order chi connectivity index (χ1) is 15.1. The van der Waals surface area contributed by atoms with Crippen LogP contribution in [-0.2, 0) is 15.2 Å². The van der Waals surface area contributed by atoms with Crippen molar-refractivity contribution in [1.29, 1.82) is 0 Å². The van der Waals surface area contributed by atoms with Crippen molar-refractivity contribution in [2.75, 3.05) is 0 Å². The van der Waals surface area contributed by atoms with Crippen molar-refractivity contribution in [1.82, 2.24) is 0 Å². The van der Waals surface area contributed by atoms with Crippen LogP contribution >= 0.6 is 24.8 Å². The van der Waals surface area contributed by atoms with Crippen molar-refractivity contribution in [3.05, 3.63) is 112 Å². The maximum absolute atomic E-state index is 7.42. The Bertz CT molecular complexity index is 1200. The molecule has 0 aromatic heterocycles. The van der Waals surface area contributed by atoms with Gasteiger partial charge >= 0.3 is 195 Å². The van der Waals surface area contributed by atoms with Gasteiger partial charge < -0.3 is 0 Å². The fourth-order valence-electron chi connectivity index (χ4n) is 5.24. The van der Waals surface area contributed by atoms with Crippen LogP contribution in [0.4, 0.5) is 0 Å². The standard InChI is InChI=1S/C9H13.C8H10O.2C6H5.CH2.2ClH.Ti/c1-9(2,3)8-6-4-5-7-8;1-6-3-7(2)5-8(9)4-6;2*1-2-4-6-5-3-1;;;;/h4,6H,5H2,1-3H3;3-5,9H,1-2H3;2*1-5H;1H2;2*1H;/q;;;;;;;+1/p-1. The zero-order valence-electron chi connectivity index (χ0n) is 20.8. The van der Waals surface area contributed by atoms with E-state index in [4.69, 9.17) is 8.14 Å². The Hall–Kier alpha value is -1.90. The van der Waals surface area contributed by atoms with E-state index in [0.717, 1.165) is 12.2 Å². The molecule has 3 aromatic rings. The molecule has 0 fully saturated rings. The fraction of sp³-hybridized carbons (Fsp3) is 0.233. The Labute approximate surface area is 218 Å². The summed E-state index contributed by atoms with van der Waals surface area (Å²) in [6.45, 7) is 11.1. The van der Waals surface area contributed by atoms with Gasteiger partial charge in [-0.05, 0) is 0 Å². The molecule has 1 nitrogen and oxygen atoms in total. The number of rotatable bonds is 5. The number of hydrogen-bond acceptors (Lipinski definition) is 1. The van der Waals surface area contributed by atoms with Crippen LogP contribution in [0.1, 0.15) is 38.3 Å². The second-order valence-electron chi connectivity index (χ2n) is 10.3. The Balaban J connectivity index is 0.00000204. The zero-order valence-corrected chi connectivity index (χ0v) is 24.0. The van der Waals surface area contributed by atoms with Crippen molar-refractivity contribution < 1.29 is 18.5 Å². The molecule has 4 rings (SSSR count). The van der Waals surface area contributed by atoms with E-state index >= 15 is 0 Å². The van der Waals surface area contributed by atoms with Crippen molar-refractivity contribution in [2.45, 2.75) is 41.0 Å². The summed E-state index contributed by atoms with van der Waals surface area (Å²) in [4.78, 5) is 5.21.